The third-order valence-electron chi connectivity index (χ3n) is 5.70. The maximum Gasteiger partial charge on any atom is 0.338 e. The fraction of sp³-hybridized carbons (Fsp3) is 0.455. The van der Waals surface area contributed by atoms with Crippen LogP contribution in [-0.2, 0) is 21.8 Å². The minimum absolute atomic E-state index is 0.160. The summed E-state index contributed by atoms with van der Waals surface area (Å²) < 4.78 is 34.2. The van der Waals surface area contributed by atoms with Crippen LogP contribution in [0.3, 0.4) is 0 Å². The van der Waals surface area contributed by atoms with Crippen molar-refractivity contribution in [2.45, 2.75) is 44.4 Å². The molecular weight excluding hydrogens is 404 g/mol. The number of hydrogen-bond acceptors (Lipinski definition) is 5. The number of carbonyl (C=O) groups excluding carboxylic acids is 2. The monoisotopic (exact) mass is 432 g/mol. The van der Waals surface area contributed by atoms with Crippen molar-refractivity contribution in [1.29, 1.82) is 0 Å². The fourth-order valence-corrected chi connectivity index (χ4v) is 5.14. The van der Waals surface area contributed by atoms with Crippen LogP contribution in [0.5, 0.6) is 0 Å². The Bertz CT molecular complexity index is 1030. The van der Waals surface area contributed by atoms with Gasteiger partial charge in [0.2, 0.25) is 15.8 Å². The Morgan fingerprint density at radius 1 is 1.00 bits per heavy atom. The predicted octanol–water partition coefficient (Wildman–Crippen LogP) is 3.25. The molecule has 0 aliphatic carbocycles. The minimum Gasteiger partial charge on any atom is -0.454 e. The number of ether oxygens (including phenoxy) is 1. The lowest BCUT2D eigenvalue weighted by molar-refractivity contribution is 0.0474. The van der Waals surface area contributed by atoms with Crippen LogP contribution in [0.25, 0.3) is 0 Å². The summed E-state index contributed by atoms with van der Waals surface area (Å²) in [6.45, 7) is 4.42. The molecule has 1 aromatic heterocycles. The molecule has 7 nitrogen and oxygen atoms in total. The Kier molecular flexibility index (Phi) is 6.77. The Morgan fingerprint density at radius 2 is 1.60 bits per heavy atom. The van der Waals surface area contributed by atoms with Crippen molar-refractivity contribution in [2.24, 2.45) is 7.05 Å². The maximum atomic E-state index is 12.8. The molecule has 0 atom stereocenters. The standard InChI is InChI=1S/C22H28N2O5S/c1-16-14-20(17(2)23(16)3)21(25)15-29-22(26)18-8-10-19(11-9-18)30(27,28)24-12-6-4-5-7-13-24/h8-11,14H,4-7,12-13,15H2,1-3H3. The predicted molar refractivity (Wildman–Crippen MR) is 113 cm³/mol. The molecular formula is C22H28N2O5S. The molecule has 0 unspecified atom stereocenters. The summed E-state index contributed by atoms with van der Waals surface area (Å²) in [6, 6.07) is 7.46. The van der Waals surface area contributed by atoms with Gasteiger partial charge in [-0.1, -0.05) is 12.8 Å². The van der Waals surface area contributed by atoms with E-state index in [9.17, 15) is 18.0 Å². The minimum atomic E-state index is -3.57. The van der Waals surface area contributed by atoms with Crippen LogP contribution in [0.15, 0.2) is 35.2 Å². The number of ketones is 1. The van der Waals surface area contributed by atoms with Gasteiger partial charge in [0, 0.05) is 37.1 Å². The average molecular weight is 433 g/mol. The van der Waals surface area contributed by atoms with Crippen molar-refractivity contribution in [2.75, 3.05) is 19.7 Å². The summed E-state index contributed by atoms with van der Waals surface area (Å²) in [4.78, 5) is 24.8. The van der Waals surface area contributed by atoms with Gasteiger partial charge in [-0.3, -0.25) is 4.79 Å². The molecule has 0 amide bonds. The van der Waals surface area contributed by atoms with Gasteiger partial charge in [-0.15, -0.1) is 0 Å². The van der Waals surface area contributed by atoms with Crippen molar-refractivity contribution in [3.63, 3.8) is 0 Å². The van der Waals surface area contributed by atoms with Gasteiger partial charge < -0.3 is 9.30 Å². The average Bonchev–Trinajstić information content (AvgIpc) is 2.94. The van der Waals surface area contributed by atoms with Gasteiger partial charge in [-0.2, -0.15) is 4.31 Å². The van der Waals surface area contributed by atoms with E-state index in [1.54, 1.807) is 6.07 Å². The zero-order valence-corrected chi connectivity index (χ0v) is 18.5. The van der Waals surface area contributed by atoms with Gasteiger partial charge in [0.25, 0.3) is 0 Å². The quantitative estimate of drug-likeness (QED) is 0.517. The van der Waals surface area contributed by atoms with E-state index in [1.807, 2.05) is 25.5 Å². The van der Waals surface area contributed by atoms with E-state index in [0.717, 1.165) is 37.1 Å². The van der Waals surface area contributed by atoms with Crippen LogP contribution < -0.4 is 0 Å². The molecule has 30 heavy (non-hydrogen) atoms. The molecule has 2 aromatic rings. The Morgan fingerprint density at radius 3 is 2.13 bits per heavy atom. The second-order valence-electron chi connectivity index (χ2n) is 7.69. The first-order chi connectivity index (χ1) is 14.2. The number of sulfonamides is 1. The van der Waals surface area contributed by atoms with E-state index in [1.165, 1.54) is 28.6 Å². The van der Waals surface area contributed by atoms with Crippen molar-refractivity contribution in [3.05, 3.63) is 52.8 Å². The highest BCUT2D eigenvalue weighted by Gasteiger charge is 2.25. The molecule has 1 aliphatic heterocycles. The van der Waals surface area contributed by atoms with Crippen LogP contribution in [0.2, 0.25) is 0 Å². The van der Waals surface area contributed by atoms with E-state index in [0.29, 0.717) is 18.7 Å². The maximum absolute atomic E-state index is 12.8. The smallest absolute Gasteiger partial charge is 0.338 e. The highest BCUT2D eigenvalue weighted by Crippen LogP contribution is 2.21. The Hall–Kier alpha value is -2.45. The van der Waals surface area contributed by atoms with Gasteiger partial charge in [-0.05, 0) is 57.0 Å². The number of aromatic nitrogens is 1. The molecule has 0 bridgehead atoms. The third-order valence-corrected chi connectivity index (χ3v) is 7.62. The van der Waals surface area contributed by atoms with Crippen LogP contribution in [0.1, 0.15) is 57.8 Å². The molecule has 1 aliphatic rings. The number of carbonyl (C=O) groups is 2. The summed E-state index contributed by atoms with van der Waals surface area (Å²) in [5.74, 6) is -0.933. The van der Waals surface area contributed by atoms with Gasteiger partial charge in [0.15, 0.2) is 6.61 Å². The molecule has 1 fully saturated rings. The summed E-state index contributed by atoms with van der Waals surface area (Å²) >= 11 is 0. The zero-order valence-electron chi connectivity index (χ0n) is 17.7. The number of benzene rings is 1. The lowest BCUT2D eigenvalue weighted by atomic mass is 10.1. The van der Waals surface area contributed by atoms with Gasteiger partial charge >= 0.3 is 5.97 Å². The SMILES string of the molecule is Cc1cc(C(=O)COC(=O)c2ccc(S(=O)(=O)N3CCCCCC3)cc2)c(C)n1C. The molecule has 3 rings (SSSR count). The van der Waals surface area contributed by atoms with Crippen molar-refractivity contribution in [1.82, 2.24) is 8.87 Å². The second-order valence-corrected chi connectivity index (χ2v) is 9.62. The Labute approximate surface area is 177 Å². The normalized spacial score (nSPS) is 15.6. The van der Waals surface area contributed by atoms with E-state index in [2.05, 4.69) is 0 Å². The lowest BCUT2D eigenvalue weighted by Crippen LogP contribution is -2.31. The van der Waals surface area contributed by atoms with E-state index >= 15 is 0 Å². The van der Waals surface area contributed by atoms with Crippen LogP contribution in [0, 0.1) is 13.8 Å². The van der Waals surface area contributed by atoms with E-state index in [-0.39, 0.29) is 22.8 Å². The number of Topliss-reactive ketones (excluding diaryl/α,β-unsaturated/α-hetero) is 1. The third kappa shape index (κ3) is 4.65. The first-order valence-corrected chi connectivity index (χ1v) is 11.6. The van der Waals surface area contributed by atoms with Crippen molar-refractivity contribution in [3.8, 4) is 0 Å². The first kappa shape index (κ1) is 22.2. The highest BCUT2D eigenvalue weighted by atomic mass is 32.2. The molecule has 0 N–H and O–H groups in total. The van der Waals surface area contributed by atoms with Gasteiger partial charge in [-0.25, -0.2) is 13.2 Å². The molecule has 8 heteroatoms. The zero-order chi connectivity index (χ0) is 21.9. The molecule has 0 saturated carbocycles. The summed E-state index contributed by atoms with van der Waals surface area (Å²) in [6.07, 6.45) is 3.80. The number of nitrogens with zero attached hydrogens (tertiary/aromatic N) is 2. The second kappa shape index (κ2) is 9.14. The number of aryl methyl sites for hydroxylation is 1. The molecule has 1 saturated heterocycles. The molecule has 162 valence electrons. The lowest BCUT2D eigenvalue weighted by Gasteiger charge is -2.19. The molecule has 0 radical (unpaired) electrons. The molecule has 2 heterocycles. The fourth-order valence-electron chi connectivity index (χ4n) is 3.62. The Balaban J connectivity index is 1.64. The van der Waals surface area contributed by atoms with Crippen LogP contribution in [0.4, 0.5) is 0 Å². The topological polar surface area (TPSA) is 85.7 Å². The van der Waals surface area contributed by atoms with Crippen molar-refractivity contribution < 1.29 is 22.7 Å². The number of rotatable bonds is 6. The molecule has 1 aromatic carbocycles. The summed E-state index contributed by atoms with van der Waals surface area (Å²) in [5.41, 5.74) is 2.50. The van der Waals surface area contributed by atoms with Crippen LogP contribution >= 0.6 is 0 Å². The van der Waals surface area contributed by atoms with Gasteiger partial charge in [0.1, 0.15) is 0 Å². The number of hydrogen-bond donors (Lipinski definition) is 0. The van der Waals surface area contributed by atoms with E-state index < -0.39 is 16.0 Å². The highest BCUT2D eigenvalue weighted by molar-refractivity contribution is 7.89. The van der Waals surface area contributed by atoms with Crippen LogP contribution in [-0.4, -0.2) is 48.7 Å². The number of esters is 1. The summed E-state index contributed by atoms with van der Waals surface area (Å²) in [7, 11) is -1.70. The summed E-state index contributed by atoms with van der Waals surface area (Å²) in [5, 5.41) is 0. The van der Waals surface area contributed by atoms with Gasteiger partial charge in [0.05, 0.1) is 10.5 Å². The van der Waals surface area contributed by atoms with E-state index in [4.69, 9.17) is 4.74 Å². The largest absolute Gasteiger partial charge is 0.454 e. The first-order valence-electron chi connectivity index (χ1n) is 10.2. The van der Waals surface area contributed by atoms with Crippen molar-refractivity contribution >= 4 is 21.8 Å². The molecule has 0 spiro atoms.